The number of thiazole rings is 1. The van der Waals surface area contributed by atoms with Crippen LogP contribution in [0.25, 0.3) is 0 Å². The highest BCUT2D eigenvalue weighted by Gasteiger charge is 2.15. The minimum Gasteiger partial charge on any atom is -0.497 e. The fraction of sp³-hybridized carbons (Fsp3) is 0.357. The van der Waals surface area contributed by atoms with Crippen molar-refractivity contribution in [1.82, 2.24) is 4.98 Å². The Kier molecular flexibility index (Phi) is 4.39. The highest BCUT2D eigenvalue weighted by atomic mass is 32.1. The van der Waals surface area contributed by atoms with E-state index in [1.807, 2.05) is 30.5 Å². The van der Waals surface area contributed by atoms with Crippen molar-refractivity contribution in [2.45, 2.75) is 19.4 Å². The molecule has 0 aliphatic heterocycles. The zero-order valence-corrected chi connectivity index (χ0v) is 12.2. The van der Waals surface area contributed by atoms with Gasteiger partial charge in [0, 0.05) is 35.2 Å². The van der Waals surface area contributed by atoms with E-state index in [2.05, 4.69) is 4.98 Å². The molecule has 5 heteroatoms. The van der Waals surface area contributed by atoms with Crippen LogP contribution in [0.4, 0.5) is 0 Å². The highest BCUT2D eigenvalue weighted by molar-refractivity contribution is 7.09. The second-order valence-electron chi connectivity index (χ2n) is 4.30. The first-order valence-electron chi connectivity index (χ1n) is 6.02. The quantitative estimate of drug-likeness (QED) is 0.913. The molecule has 1 aromatic carbocycles. The monoisotopic (exact) mass is 278 g/mol. The van der Waals surface area contributed by atoms with Gasteiger partial charge in [0.15, 0.2) is 0 Å². The van der Waals surface area contributed by atoms with Crippen molar-refractivity contribution in [1.29, 1.82) is 0 Å². The van der Waals surface area contributed by atoms with Crippen LogP contribution in [-0.4, -0.2) is 19.2 Å². The van der Waals surface area contributed by atoms with Gasteiger partial charge >= 0.3 is 0 Å². The second kappa shape index (κ2) is 6.04. The number of aryl methyl sites for hydroxylation is 1. The summed E-state index contributed by atoms with van der Waals surface area (Å²) in [6.45, 7) is 1.99. The number of aromatic nitrogens is 1. The summed E-state index contributed by atoms with van der Waals surface area (Å²) in [5.41, 5.74) is 8.25. The summed E-state index contributed by atoms with van der Waals surface area (Å²) in [7, 11) is 3.27. The van der Waals surface area contributed by atoms with Gasteiger partial charge in [-0.3, -0.25) is 0 Å². The number of nitrogens with two attached hydrogens (primary N) is 1. The maximum absolute atomic E-state index is 6.25. The van der Waals surface area contributed by atoms with Gasteiger partial charge < -0.3 is 15.2 Å². The van der Waals surface area contributed by atoms with E-state index >= 15 is 0 Å². The summed E-state index contributed by atoms with van der Waals surface area (Å²) in [6.07, 6.45) is 0.710. The molecule has 1 unspecified atom stereocenters. The molecule has 0 spiro atoms. The number of nitrogens with zero attached hydrogens (tertiary/aromatic N) is 1. The third-order valence-corrected chi connectivity index (χ3v) is 3.89. The van der Waals surface area contributed by atoms with Gasteiger partial charge in [-0.05, 0) is 13.0 Å². The van der Waals surface area contributed by atoms with Crippen LogP contribution >= 0.6 is 11.3 Å². The lowest BCUT2D eigenvalue weighted by atomic mass is 10.0. The molecule has 102 valence electrons. The molecule has 1 aromatic heterocycles. The topological polar surface area (TPSA) is 57.4 Å². The molecule has 0 aliphatic carbocycles. The molecular weight excluding hydrogens is 260 g/mol. The molecule has 4 nitrogen and oxygen atoms in total. The average molecular weight is 278 g/mol. The predicted octanol–water partition coefficient (Wildman–Crippen LogP) is 2.71. The Morgan fingerprint density at radius 2 is 2.11 bits per heavy atom. The number of hydrogen-bond donors (Lipinski definition) is 1. The number of hydrogen-bond acceptors (Lipinski definition) is 5. The largest absolute Gasteiger partial charge is 0.497 e. The van der Waals surface area contributed by atoms with E-state index in [1.165, 1.54) is 0 Å². The molecule has 1 heterocycles. The lowest BCUT2D eigenvalue weighted by Gasteiger charge is -2.15. The SMILES string of the molecule is COc1ccc(C(N)Cc2nc(C)cs2)c(OC)c1. The lowest BCUT2D eigenvalue weighted by Crippen LogP contribution is -2.14. The minimum atomic E-state index is -0.133. The van der Waals surface area contributed by atoms with Crippen LogP contribution in [0.1, 0.15) is 22.3 Å². The molecule has 2 aromatic rings. The first-order valence-corrected chi connectivity index (χ1v) is 6.90. The molecule has 2 N–H and O–H groups in total. The van der Waals surface area contributed by atoms with Crippen LogP contribution in [0.5, 0.6) is 11.5 Å². The smallest absolute Gasteiger partial charge is 0.127 e. The predicted molar refractivity (Wildman–Crippen MR) is 77.0 cm³/mol. The summed E-state index contributed by atoms with van der Waals surface area (Å²) in [5.74, 6) is 1.51. The number of methoxy groups -OCH3 is 2. The summed E-state index contributed by atoms with van der Waals surface area (Å²) < 4.78 is 10.6. The van der Waals surface area contributed by atoms with Crippen LogP contribution < -0.4 is 15.2 Å². The molecule has 0 amide bonds. The second-order valence-corrected chi connectivity index (χ2v) is 5.24. The fourth-order valence-electron chi connectivity index (χ4n) is 1.92. The molecule has 1 atom stereocenters. The van der Waals surface area contributed by atoms with E-state index in [-0.39, 0.29) is 6.04 Å². The maximum atomic E-state index is 6.25. The Morgan fingerprint density at radius 3 is 2.68 bits per heavy atom. The standard InChI is InChI=1S/C14H18N2O2S/c1-9-8-19-14(16-9)7-12(15)11-5-4-10(17-2)6-13(11)18-3/h4-6,8,12H,7,15H2,1-3H3. The van der Waals surface area contributed by atoms with E-state index < -0.39 is 0 Å². The summed E-state index contributed by atoms with van der Waals surface area (Å²) >= 11 is 1.64. The van der Waals surface area contributed by atoms with Crippen LogP contribution in [0.15, 0.2) is 23.6 Å². The van der Waals surface area contributed by atoms with E-state index in [9.17, 15) is 0 Å². The van der Waals surface area contributed by atoms with Crippen LogP contribution in [0.3, 0.4) is 0 Å². The van der Waals surface area contributed by atoms with Crippen molar-refractivity contribution in [3.8, 4) is 11.5 Å². The zero-order chi connectivity index (χ0) is 13.8. The summed E-state index contributed by atoms with van der Waals surface area (Å²) in [4.78, 5) is 4.44. The minimum absolute atomic E-state index is 0.133. The molecule has 19 heavy (non-hydrogen) atoms. The van der Waals surface area contributed by atoms with Crippen molar-refractivity contribution >= 4 is 11.3 Å². The first kappa shape index (κ1) is 13.8. The van der Waals surface area contributed by atoms with Gasteiger partial charge in [-0.25, -0.2) is 4.98 Å². The first-order chi connectivity index (χ1) is 9.13. The van der Waals surface area contributed by atoms with E-state index in [0.717, 1.165) is 27.8 Å². The van der Waals surface area contributed by atoms with Gasteiger partial charge in [0.2, 0.25) is 0 Å². The van der Waals surface area contributed by atoms with Crippen molar-refractivity contribution < 1.29 is 9.47 Å². The highest BCUT2D eigenvalue weighted by Crippen LogP contribution is 2.30. The van der Waals surface area contributed by atoms with E-state index in [1.54, 1.807) is 25.6 Å². The Bertz CT molecular complexity index is 554. The Morgan fingerprint density at radius 1 is 1.32 bits per heavy atom. The fourth-order valence-corrected chi connectivity index (χ4v) is 2.75. The third kappa shape index (κ3) is 3.24. The van der Waals surface area contributed by atoms with E-state index in [4.69, 9.17) is 15.2 Å². The van der Waals surface area contributed by atoms with Gasteiger partial charge in [0.05, 0.1) is 19.2 Å². The van der Waals surface area contributed by atoms with Crippen molar-refractivity contribution in [3.63, 3.8) is 0 Å². The molecule has 0 aliphatic rings. The third-order valence-electron chi connectivity index (χ3n) is 2.90. The number of rotatable bonds is 5. The summed E-state index contributed by atoms with van der Waals surface area (Å²) in [5, 5.41) is 3.08. The Hall–Kier alpha value is -1.59. The van der Waals surface area contributed by atoms with Gasteiger partial charge in [-0.15, -0.1) is 11.3 Å². The molecule has 0 saturated heterocycles. The van der Waals surface area contributed by atoms with Crippen LogP contribution in [0, 0.1) is 6.92 Å². The Balaban J connectivity index is 2.20. The molecule has 0 saturated carbocycles. The molecule has 2 rings (SSSR count). The lowest BCUT2D eigenvalue weighted by molar-refractivity contribution is 0.388. The summed E-state index contributed by atoms with van der Waals surface area (Å²) in [6, 6.07) is 5.56. The molecular formula is C14H18N2O2S. The van der Waals surface area contributed by atoms with Gasteiger partial charge in [-0.1, -0.05) is 6.07 Å². The maximum Gasteiger partial charge on any atom is 0.127 e. The molecule has 0 radical (unpaired) electrons. The normalized spacial score (nSPS) is 12.2. The van der Waals surface area contributed by atoms with Crippen LogP contribution in [0.2, 0.25) is 0 Å². The van der Waals surface area contributed by atoms with Crippen LogP contribution in [-0.2, 0) is 6.42 Å². The number of benzene rings is 1. The van der Waals surface area contributed by atoms with Gasteiger partial charge in [0.25, 0.3) is 0 Å². The Labute approximate surface area is 117 Å². The van der Waals surface area contributed by atoms with Gasteiger partial charge in [0.1, 0.15) is 11.5 Å². The van der Waals surface area contributed by atoms with Crippen molar-refractivity contribution in [3.05, 3.63) is 39.8 Å². The van der Waals surface area contributed by atoms with Gasteiger partial charge in [-0.2, -0.15) is 0 Å². The van der Waals surface area contributed by atoms with E-state index in [0.29, 0.717) is 6.42 Å². The molecule has 0 fully saturated rings. The average Bonchev–Trinajstić information content (AvgIpc) is 2.83. The van der Waals surface area contributed by atoms with Crippen molar-refractivity contribution in [2.24, 2.45) is 5.73 Å². The molecule has 0 bridgehead atoms. The van der Waals surface area contributed by atoms with Crippen molar-refractivity contribution in [2.75, 3.05) is 14.2 Å². The number of ether oxygens (including phenoxy) is 2. The zero-order valence-electron chi connectivity index (χ0n) is 11.3.